The predicted molar refractivity (Wildman–Crippen MR) is 134 cm³/mol. The number of benzene rings is 2. The number of phenolic OH excluding ortho intramolecular Hbond substituents is 2. The average molecular weight is 581 g/mol. The van der Waals surface area contributed by atoms with Crippen molar-refractivity contribution in [2.75, 3.05) is 6.61 Å². The number of rotatable bonds is 6. The first-order valence-electron chi connectivity index (χ1n) is 13.0. The third-order valence-corrected chi connectivity index (χ3v) is 7.42. The zero-order valence-electron chi connectivity index (χ0n) is 21.8. The maximum Gasteiger partial charge on any atom is 0.229 e. The van der Waals surface area contributed by atoms with Gasteiger partial charge in [-0.2, -0.15) is 0 Å². The molecule has 0 aliphatic carbocycles. The van der Waals surface area contributed by atoms with E-state index in [-0.39, 0.29) is 29.2 Å². The molecule has 2 aromatic rings. The molecule has 14 nitrogen and oxygen atoms in total. The average Bonchev–Trinajstić information content (AvgIpc) is 2.93. The van der Waals surface area contributed by atoms with Gasteiger partial charge in [-0.15, -0.1) is 0 Å². The minimum atomic E-state index is -1.80. The standard InChI is InChI=1S/C27H32O14/c1-10-20(32)23(35)25(41-26-24(36)22(34)21(33)18(9-28)40-26)27(37-10)38-13-6-14(30)19-15(31)8-16(39-17(19)7-13)11-2-4-12(29)5-3-11/h2-7,10,16,18,20-30,32-36H,8-9H2,1H3/t10-,16-,18+,20-,21+,22-,23+,24+,25+,26-,27-/m0/s1. The second kappa shape index (κ2) is 11.7. The Morgan fingerprint density at radius 2 is 1.59 bits per heavy atom. The van der Waals surface area contributed by atoms with Gasteiger partial charge in [0.2, 0.25) is 6.29 Å². The third kappa shape index (κ3) is 5.70. The van der Waals surface area contributed by atoms with Gasteiger partial charge in [0.1, 0.15) is 71.3 Å². The first-order chi connectivity index (χ1) is 19.5. The van der Waals surface area contributed by atoms with Crippen molar-refractivity contribution in [3.05, 3.63) is 47.5 Å². The first-order valence-corrected chi connectivity index (χ1v) is 13.0. The number of ether oxygens (including phenoxy) is 5. The van der Waals surface area contributed by atoms with Crippen LogP contribution in [0.15, 0.2) is 36.4 Å². The van der Waals surface area contributed by atoms with E-state index in [9.17, 15) is 45.6 Å². The molecule has 224 valence electrons. The molecule has 14 heteroatoms. The van der Waals surface area contributed by atoms with Crippen LogP contribution in [0.3, 0.4) is 0 Å². The van der Waals surface area contributed by atoms with Crippen molar-refractivity contribution in [1.82, 2.24) is 0 Å². The van der Waals surface area contributed by atoms with E-state index in [0.717, 1.165) is 6.07 Å². The number of aliphatic hydroxyl groups is 6. The number of phenols is 2. The molecule has 5 rings (SSSR count). The fraction of sp³-hybridized carbons (Fsp3) is 0.519. The van der Waals surface area contributed by atoms with E-state index in [1.165, 1.54) is 25.1 Å². The van der Waals surface area contributed by atoms with E-state index >= 15 is 0 Å². The van der Waals surface area contributed by atoms with Crippen molar-refractivity contribution in [2.45, 2.75) is 80.9 Å². The highest BCUT2D eigenvalue weighted by Gasteiger charge is 2.50. The summed E-state index contributed by atoms with van der Waals surface area (Å²) in [5, 5.41) is 81.5. The maximum absolute atomic E-state index is 12.9. The molecular weight excluding hydrogens is 548 g/mol. The molecule has 0 amide bonds. The van der Waals surface area contributed by atoms with Crippen LogP contribution >= 0.6 is 0 Å². The van der Waals surface area contributed by atoms with Crippen LogP contribution in [0.5, 0.6) is 23.0 Å². The topological polar surface area (TPSA) is 225 Å². The fourth-order valence-electron chi connectivity index (χ4n) is 5.07. The largest absolute Gasteiger partial charge is 0.508 e. The van der Waals surface area contributed by atoms with Gasteiger partial charge in [0, 0.05) is 12.1 Å². The predicted octanol–water partition coefficient (Wildman–Crippen LogP) is -1.17. The molecule has 3 heterocycles. The molecule has 41 heavy (non-hydrogen) atoms. The van der Waals surface area contributed by atoms with Crippen LogP contribution in [0.4, 0.5) is 0 Å². The summed E-state index contributed by atoms with van der Waals surface area (Å²) >= 11 is 0. The molecule has 0 aromatic heterocycles. The number of Topliss-reactive ketones (excluding diaryl/α,β-unsaturated/α-hetero) is 1. The first kappa shape index (κ1) is 29.4. The molecule has 11 atom stereocenters. The highest BCUT2D eigenvalue weighted by molar-refractivity contribution is 6.02. The summed E-state index contributed by atoms with van der Waals surface area (Å²) < 4.78 is 28.6. The number of ketones is 1. The van der Waals surface area contributed by atoms with E-state index in [0.29, 0.717) is 5.56 Å². The molecule has 0 spiro atoms. The fourth-order valence-corrected chi connectivity index (χ4v) is 5.07. The zero-order valence-corrected chi connectivity index (χ0v) is 21.8. The van der Waals surface area contributed by atoms with Crippen molar-refractivity contribution in [2.24, 2.45) is 0 Å². The van der Waals surface area contributed by atoms with Crippen molar-refractivity contribution < 1.29 is 69.3 Å². The molecule has 0 saturated carbocycles. The summed E-state index contributed by atoms with van der Waals surface area (Å²) in [6.45, 7) is 0.745. The van der Waals surface area contributed by atoms with Gasteiger partial charge in [-0.05, 0) is 24.6 Å². The van der Waals surface area contributed by atoms with Gasteiger partial charge in [0.05, 0.1) is 19.1 Å². The second-order valence-corrected chi connectivity index (χ2v) is 10.2. The van der Waals surface area contributed by atoms with E-state index in [1.807, 2.05) is 0 Å². The molecule has 0 bridgehead atoms. The Labute approximate surface area is 233 Å². The van der Waals surface area contributed by atoms with Crippen LogP contribution in [0.2, 0.25) is 0 Å². The number of carbonyl (C=O) groups is 1. The summed E-state index contributed by atoms with van der Waals surface area (Å²) in [5.41, 5.74) is 0.553. The molecule has 2 saturated heterocycles. The summed E-state index contributed by atoms with van der Waals surface area (Å²) in [6.07, 6.45) is -16.1. The van der Waals surface area contributed by atoms with Gasteiger partial charge in [-0.1, -0.05) is 12.1 Å². The van der Waals surface area contributed by atoms with Gasteiger partial charge in [-0.3, -0.25) is 4.79 Å². The molecular formula is C27H32O14. The monoisotopic (exact) mass is 580 g/mol. The van der Waals surface area contributed by atoms with Crippen LogP contribution in [0, 0.1) is 0 Å². The number of carbonyl (C=O) groups excluding carboxylic acids is 1. The maximum atomic E-state index is 12.9. The normalized spacial score (nSPS) is 37.2. The number of fused-ring (bicyclic) bond motifs is 1. The van der Waals surface area contributed by atoms with Crippen molar-refractivity contribution >= 4 is 5.78 Å². The Kier molecular flexibility index (Phi) is 8.39. The highest BCUT2D eigenvalue weighted by atomic mass is 16.8. The Morgan fingerprint density at radius 3 is 2.27 bits per heavy atom. The lowest BCUT2D eigenvalue weighted by Gasteiger charge is -2.45. The lowest BCUT2D eigenvalue weighted by molar-refractivity contribution is -0.355. The van der Waals surface area contributed by atoms with Crippen molar-refractivity contribution in [1.29, 1.82) is 0 Å². The van der Waals surface area contributed by atoms with Crippen molar-refractivity contribution in [3.63, 3.8) is 0 Å². The van der Waals surface area contributed by atoms with Gasteiger partial charge < -0.3 is 64.5 Å². The van der Waals surface area contributed by atoms with E-state index < -0.39 is 85.7 Å². The third-order valence-electron chi connectivity index (χ3n) is 7.42. The molecule has 2 fully saturated rings. The number of hydrogen-bond acceptors (Lipinski definition) is 14. The Morgan fingerprint density at radius 1 is 0.878 bits per heavy atom. The molecule has 0 unspecified atom stereocenters. The van der Waals surface area contributed by atoms with Crippen LogP contribution < -0.4 is 9.47 Å². The number of hydrogen-bond donors (Lipinski definition) is 8. The summed E-state index contributed by atoms with van der Waals surface area (Å²) in [7, 11) is 0. The van der Waals surface area contributed by atoms with Crippen molar-refractivity contribution in [3.8, 4) is 23.0 Å². The van der Waals surface area contributed by atoms with Crippen LogP contribution in [-0.2, 0) is 14.2 Å². The summed E-state index contributed by atoms with van der Waals surface area (Å²) in [5.74, 6) is -0.853. The smallest absolute Gasteiger partial charge is 0.229 e. The minimum absolute atomic E-state index is 0.00479. The number of aromatic hydroxyl groups is 2. The Bertz CT molecular complexity index is 1240. The van der Waals surface area contributed by atoms with Gasteiger partial charge >= 0.3 is 0 Å². The Hall–Kier alpha value is -3.05. The summed E-state index contributed by atoms with van der Waals surface area (Å²) in [4.78, 5) is 12.9. The zero-order chi connectivity index (χ0) is 29.6. The van der Waals surface area contributed by atoms with Crippen LogP contribution in [-0.4, -0.2) is 115 Å². The van der Waals surface area contributed by atoms with Gasteiger partial charge in [0.15, 0.2) is 18.2 Å². The minimum Gasteiger partial charge on any atom is -0.508 e. The SMILES string of the molecule is C[C@@H]1O[C@@H](Oc2cc(O)c3c(c2)O[C@H](c2ccc(O)cc2)CC3=O)[C@H](O[C@@H]2O[C@H](CO)[C@@H](O)[C@H](O)[C@H]2O)[C@H](O)[C@H]1O. The summed E-state index contributed by atoms with van der Waals surface area (Å²) in [6, 6.07) is 8.57. The molecule has 3 aliphatic heterocycles. The van der Waals surface area contributed by atoms with Crippen LogP contribution in [0.25, 0.3) is 0 Å². The lowest BCUT2D eigenvalue weighted by Crippen LogP contribution is -2.64. The highest BCUT2D eigenvalue weighted by Crippen LogP contribution is 2.43. The lowest BCUT2D eigenvalue weighted by atomic mass is 9.95. The molecule has 8 N–H and O–H groups in total. The van der Waals surface area contributed by atoms with Gasteiger partial charge in [-0.25, -0.2) is 0 Å². The van der Waals surface area contributed by atoms with E-state index in [1.54, 1.807) is 12.1 Å². The Balaban J connectivity index is 1.40. The quantitative estimate of drug-likeness (QED) is 0.202. The van der Waals surface area contributed by atoms with E-state index in [2.05, 4.69) is 0 Å². The van der Waals surface area contributed by atoms with Gasteiger partial charge in [0.25, 0.3) is 0 Å². The van der Waals surface area contributed by atoms with E-state index in [4.69, 9.17) is 23.7 Å². The molecule has 3 aliphatic rings. The number of aliphatic hydroxyl groups excluding tert-OH is 6. The van der Waals surface area contributed by atoms with Crippen LogP contribution in [0.1, 0.15) is 35.4 Å². The second-order valence-electron chi connectivity index (χ2n) is 10.2. The molecule has 2 aromatic carbocycles. The molecule has 0 radical (unpaired) electrons.